The highest BCUT2D eigenvalue weighted by atomic mass is 79.9. The van der Waals surface area contributed by atoms with Gasteiger partial charge in [-0.3, -0.25) is 4.90 Å². The van der Waals surface area contributed by atoms with E-state index in [9.17, 15) is 4.57 Å². The van der Waals surface area contributed by atoms with E-state index in [2.05, 4.69) is 79.3 Å². The minimum atomic E-state index is -2.75. The van der Waals surface area contributed by atoms with Gasteiger partial charge in [0.1, 0.15) is 31.9 Å². The number of nitrogens with one attached hydrogen (secondary N) is 2. The maximum Gasteiger partial charge on any atom is 0.229 e. The molecule has 248 valence electrons. The first kappa shape index (κ1) is 32.9. The monoisotopic (exact) mass is 713 g/mol. The van der Waals surface area contributed by atoms with Crippen molar-refractivity contribution in [3.8, 4) is 17.2 Å². The second-order valence-electron chi connectivity index (χ2n) is 12.7. The smallest absolute Gasteiger partial charge is 0.229 e. The summed E-state index contributed by atoms with van der Waals surface area (Å²) in [5, 5.41) is 7.31. The fourth-order valence-electron chi connectivity index (χ4n) is 6.58. The molecule has 4 heterocycles. The lowest BCUT2D eigenvalue weighted by atomic mass is 9.96. The Labute approximate surface area is 280 Å². The molecule has 46 heavy (non-hydrogen) atoms. The van der Waals surface area contributed by atoms with Gasteiger partial charge < -0.3 is 39.2 Å². The summed E-state index contributed by atoms with van der Waals surface area (Å²) >= 11 is 3.57. The quantitative estimate of drug-likeness (QED) is 0.254. The highest BCUT2D eigenvalue weighted by Crippen LogP contribution is 2.47. The number of piperidine rings is 1. The summed E-state index contributed by atoms with van der Waals surface area (Å²) in [6.07, 6.45) is 4.03. The molecule has 2 aromatic carbocycles. The lowest BCUT2D eigenvalue weighted by Gasteiger charge is -2.50. The maximum atomic E-state index is 13.4. The SMILES string of the molecule is CCN(C)C1CN(C2CCN(c3cc(OC)c(Nc4ncc(Br)c(Nc5ccc6c(c5P(C)(C)=O)OCCO6)n4)cc3C)CC2)C1. The number of hydrogen-bond acceptors (Lipinski definition) is 11. The molecule has 1 aromatic heterocycles. The molecule has 3 aromatic rings. The summed E-state index contributed by atoms with van der Waals surface area (Å²) in [6, 6.07) is 9.26. The Kier molecular flexibility index (Phi) is 9.71. The molecule has 11 nitrogen and oxygen atoms in total. The summed E-state index contributed by atoms with van der Waals surface area (Å²) in [6.45, 7) is 14.2. The number of methoxy groups -OCH3 is 1. The molecule has 0 saturated carbocycles. The van der Waals surface area contributed by atoms with Crippen molar-refractivity contribution in [2.24, 2.45) is 0 Å². The van der Waals surface area contributed by atoms with Gasteiger partial charge in [0.05, 0.1) is 28.3 Å². The molecule has 6 rings (SSSR count). The summed E-state index contributed by atoms with van der Waals surface area (Å²) in [7, 11) is 1.17. The largest absolute Gasteiger partial charge is 0.494 e. The van der Waals surface area contributed by atoms with Crippen molar-refractivity contribution in [2.75, 3.05) is 89.0 Å². The number of likely N-dealkylation sites (tertiary alicyclic amines) is 1. The number of nitrogens with zero attached hydrogens (tertiary/aromatic N) is 5. The van der Waals surface area contributed by atoms with Crippen LogP contribution < -0.4 is 35.0 Å². The van der Waals surface area contributed by atoms with Crippen LogP contribution >= 0.6 is 23.1 Å². The van der Waals surface area contributed by atoms with Crippen molar-refractivity contribution < 1.29 is 18.8 Å². The van der Waals surface area contributed by atoms with E-state index in [0.29, 0.717) is 64.0 Å². The standard InChI is InChI=1S/C33H45BrN7O4P/c1-7-39(3)23-19-41(20-23)22-10-12-40(13-11-22)27-17-29(43-4)26(16-21(27)2)37-33-35-18-24(34)32(38-33)36-25-8-9-28-30(45-15-14-44-28)31(25)46(5,6)42/h8-9,16-18,22-23H,7,10-15,19-20H2,1-6H3,(H2,35,36,37,38). The van der Waals surface area contributed by atoms with Gasteiger partial charge in [0.2, 0.25) is 5.95 Å². The molecule has 13 heteroatoms. The van der Waals surface area contributed by atoms with Crippen molar-refractivity contribution in [2.45, 2.75) is 38.8 Å². The molecule has 0 atom stereocenters. The molecule has 0 bridgehead atoms. The van der Waals surface area contributed by atoms with E-state index >= 15 is 0 Å². The van der Waals surface area contributed by atoms with Crippen LogP contribution in [0.1, 0.15) is 25.3 Å². The third-order valence-electron chi connectivity index (χ3n) is 9.32. The Bertz CT molecular complexity index is 1620. The molecule has 3 aliphatic rings. The molecular weight excluding hydrogens is 669 g/mol. The average molecular weight is 715 g/mol. The van der Waals surface area contributed by atoms with Gasteiger partial charge in [0.25, 0.3) is 0 Å². The number of anilines is 5. The first-order valence-electron chi connectivity index (χ1n) is 16.0. The normalized spacial score (nSPS) is 17.6. The molecule has 0 aliphatic carbocycles. The van der Waals surface area contributed by atoms with E-state index in [1.165, 1.54) is 31.6 Å². The van der Waals surface area contributed by atoms with Crippen LogP contribution in [0.2, 0.25) is 0 Å². The zero-order valence-electron chi connectivity index (χ0n) is 27.6. The van der Waals surface area contributed by atoms with E-state index < -0.39 is 7.14 Å². The van der Waals surface area contributed by atoms with E-state index in [1.54, 1.807) is 26.6 Å². The van der Waals surface area contributed by atoms with Gasteiger partial charge in [-0.2, -0.15) is 4.98 Å². The number of hydrogen-bond donors (Lipinski definition) is 2. The van der Waals surface area contributed by atoms with E-state index in [4.69, 9.17) is 19.2 Å². The molecule has 0 unspecified atom stereocenters. The second kappa shape index (κ2) is 13.6. The predicted octanol–water partition coefficient (Wildman–Crippen LogP) is 5.67. The van der Waals surface area contributed by atoms with E-state index in [-0.39, 0.29) is 0 Å². The number of halogens is 1. The molecular formula is C33H45BrN7O4P. The van der Waals surface area contributed by atoms with Crippen LogP contribution in [0.4, 0.5) is 28.8 Å². The number of fused-ring (bicyclic) bond motifs is 1. The summed E-state index contributed by atoms with van der Waals surface area (Å²) < 4.78 is 31.6. The van der Waals surface area contributed by atoms with Gasteiger partial charge in [-0.1, -0.05) is 6.92 Å². The fraction of sp³-hybridized carbons (Fsp3) is 0.515. The number of likely N-dealkylation sites (N-methyl/N-ethyl adjacent to an activating group) is 1. The number of aromatic nitrogens is 2. The fourth-order valence-corrected chi connectivity index (χ4v) is 8.24. The third kappa shape index (κ3) is 6.81. The molecule has 2 saturated heterocycles. The van der Waals surface area contributed by atoms with Crippen molar-refractivity contribution in [1.29, 1.82) is 0 Å². The van der Waals surface area contributed by atoms with Gasteiger partial charge >= 0.3 is 0 Å². The lowest BCUT2D eigenvalue weighted by molar-refractivity contribution is 0.0109. The highest BCUT2D eigenvalue weighted by Gasteiger charge is 2.36. The van der Waals surface area contributed by atoms with E-state index in [1.807, 2.05) is 12.1 Å². The van der Waals surface area contributed by atoms with Crippen molar-refractivity contribution >= 4 is 57.2 Å². The topological polar surface area (TPSA) is 104 Å². The third-order valence-corrected chi connectivity index (χ3v) is 11.4. The lowest BCUT2D eigenvalue weighted by Crippen LogP contribution is -2.62. The van der Waals surface area contributed by atoms with Crippen molar-refractivity contribution in [3.05, 3.63) is 40.5 Å². The first-order chi connectivity index (χ1) is 22.0. The Balaban J connectivity index is 1.17. The van der Waals surface area contributed by atoms with Crippen LogP contribution in [-0.2, 0) is 4.57 Å². The van der Waals surface area contributed by atoms with Gasteiger partial charge in [-0.15, -0.1) is 0 Å². The van der Waals surface area contributed by atoms with Crippen molar-refractivity contribution in [3.63, 3.8) is 0 Å². The maximum absolute atomic E-state index is 13.4. The summed E-state index contributed by atoms with van der Waals surface area (Å²) in [5.41, 5.74) is 3.78. The number of ether oxygens (including phenoxy) is 3. The average Bonchev–Trinajstić information content (AvgIpc) is 3.01. The van der Waals surface area contributed by atoms with Gasteiger partial charge in [0, 0.05) is 56.2 Å². The Morgan fingerprint density at radius 1 is 1.11 bits per heavy atom. The van der Waals surface area contributed by atoms with Crippen LogP contribution in [0, 0.1) is 6.92 Å². The second-order valence-corrected chi connectivity index (χ2v) is 16.7. The Morgan fingerprint density at radius 3 is 2.54 bits per heavy atom. The summed E-state index contributed by atoms with van der Waals surface area (Å²) in [5.74, 6) is 2.76. The van der Waals surface area contributed by atoms with Crippen LogP contribution in [0.3, 0.4) is 0 Å². The van der Waals surface area contributed by atoms with Crippen molar-refractivity contribution in [1.82, 2.24) is 19.8 Å². The van der Waals surface area contributed by atoms with Gasteiger partial charge in [0.15, 0.2) is 11.5 Å². The van der Waals surface area contributed by atoms with Gasteiger partial charge in [-0.05, 0) is 86.4 Å². The zero-order chi connectivity index (χ0) is 32.6. The zero-order valence-corrected chi connectivity index (χ0v) is 30.1. The first-order valence-corrected chi connectivity index (χ1v) is 19.4. The molecule has 2 N–H and O–H groups in total. The van der Waals surface area contributed by atoms with E-state index in [0.717, 1.165) is 36.6 Å². The van der Waals surface area contributed by atoms with Crippen LogP contribution in [0.15, 0.2) is 34.9 Å². The van der Waals surface area contributed by atoms with Crippen LogP contribution in [-0.4, -0.2) is 105 Å². The van der Waals surface area contributed by atoms with Gasteiger partial charge in [-0.25, -0.2) is 4.98 Å². The minimum Gasteiger partial charge on any atom is -0.494 e. The highest BCUT2D eigenvalue weighted by molar-refractivity contribution is 9.10. The number of aryl methyl sites for hydroxylation is 1. The Hall–Kier alpha value is -3.05. The molecule has 2 fully saturated rings. The minimum absolute atomic E-state index is 0.397. The summed E-state index contributed by atoms with van der Waals surface area (Å²) in [4.78, 5) is 16.9. The number of benzene rings is 2. The number of rotatable bonds is 10. The molecule has 0 radical (unpaired) electrons. The molecule has 0 spiro atoms. The molecule has 3 aliphatic heterocycles. The van der Waals surface area contributed by atoms with Crippen LogP contribution in [0.5, 0.6) is 17.2 Å². The molecule has 0 amide bonds. The van der Waals surface area contributed by atoms with Crippen LogP contribution in [0.25, 0.3) is 0 Å². The predicted molar refractivity (Wildman–Crippen MR) is 189 cm³/mol. The Morgan fingerprint density at radius 2 is 1.85 bits per heavy atom.